The summed E-state index contributed by atoms with van der Waals surface area (Å²) in [5.74, 6) is -0.319. The molecule has 3 rings (SSSR count). The smallest absolute Gasteiger partial charge is 0.246 e. The Kier molecular flexibility index (Phi) is 7.72. The number of nitrogens with zero attached hydrogens (tertiary/aromatic N) is 3. The van der Waals surface area contributed by atoms with E-state index < -0.39 is 5.82 Å². The van der Waals surface area contributed by atoms with Crippen LogP contribution in [0.15, 0.2) is 60.0 Å². The van der Waals surface area contributed by atoms with Gasteiger partial charge in [0.25, 0.3) is 0 Å². The number of rotatable bonds is 8. The molecule has 2 aromatic carbocycles. The number of carbonyl (C=O) groups is 2. The van der Waals surface area contributed by atoms with Crippen LogP contribution in [0.1, 0.15) is 18.2 Å². The molecule has 0 bridgehead atoms. The minimum absolute atomic E-state index is 0.134. The van der Waals surface area contributed by atoms with E-state index in [1.807, 2.05) is 31.2 Å². The van der Waals surface area contributed by atoms with Crippen LogP contribution < -0.4 is 9.64 Å². The zero-order valence-electron chi connectivity index (χ0n) is 18.1. The van der Waals surface area contributed by atoms with Gasteiger partial charge in [0.15, 0.2) is 5.13 Å². The van der Waals surface area contributed by atoms with Gasteiger partial charge < -0.3 is 9.64 Å². The minimum Gasteiger partial charge on any atom is -0.492 e. The number of hydrogen-bond acceptors (Lipinski definition) is 5. The quantitative estimate of drug-likeness (QED) is 0.459. The predicted octanol–water partition coefficient (Wildman–Crippen LogP) is 4.83. The molecular formula is C24H24FN3O3S. The van der Waals surface area contributed by atoms with Gasteiger partial charge in [-0.15, -0.1) is 11.3 Å². The lowest BCUT2D eigenvalue weighted by Crippen LogP contribution is -2.29. The first-order valence-electron chi connectivity index (χ1n) is 9.98. The number of aromatic nitrogens is 1. The normalized spacial score (nSPS) is 10.9. The molecule has 1 heterocycles. The Morgan fingerprint density at radius 3 is 2.56 bits per heavy atom. The Morgan fingerprint density at radius 1 is 1.16 bits per heavy atom. The van der Waals surface area contributed by atoms with Crippen LogP contribution in [0.4, 0.5) is 15.2 Å². The summed E-state index contributed by atoms with van der Waals surface area (Å²) in [6.07, 6.45) is 2.98. The lowest BCUT2D eigenvalue weighted by molar-refractivity contribution is -0.125. The van der Waals surface area contributed by atoms with Gasteiger partial charge in [0, 0.05) is 25.4 Å². The largest absolute Gasteiger partial charge is 0.492 e. The number of ether oxygens (including phenoxy) is 1. The summed E-state index contributed by atoms with van der Waals surface area (Å²) in [4.78, 5) is 31.6. The summed E-state index contributed by atoms with van der Waals surface area (Å²) in [6, 6.07) is 13.7. The Morgan fingerprint density at radius 2 is 1.88 bits per heavy atom. The maximum Gasteiger partial charge on any atom is 0.246 e. The van der Waals surface area contributed by atoms with E-state index in [2.05, 4.69) is 4.98 Å². The lowest BCUT2D eigenvalue weighted by atomic mass is 10.2. The topological polar surface area (TPSA) is 62.7 Å². The standard InChI is InChI=1S/C24H24FN3O3S/c1-17-8-11-20(12-9-17)31-15-14-27(3)23(30)13-10-19-16-32-24(26-19)28(18(2)29)22-7-5-4-6-21(22)25/h4-13,16H,14-15H2,1-3H3/b13-10+. The molecule has 8 heteroatoms. The van der Waals surface area contributed by atoms with Crippen LogP contribution in [0, 0.1) is 12.7 Å². The molecule has 32 heavy (non-hydrogen) atoms. The summed E-state index contributed by atoms with van der Waals surface area (Å²) in [5, 5.41) is 2.03. The molecule has 0 saturated heterocycles. The first kappa shape index (κ1) is 23.1. The van der Waals surface area contributed by atoms with Crippen molar-refractivity contribution in [3.63, 3.8) is 0 Å². The molecule has 0 aliphatic rings. The number of likely N-dealkylation sites (N-methyl/N-ethyl adjacent to an activating group) is 1. The Balaban J connectivity index is 1.59. The highest BCUT2D eigenvalue weighted by atomic mass is 32.1. The highest BCUT2D eigenvalue weighted by molar-refractivity contribution is 7.14. The summed E-state index contributed by atoms with van der Waals surface area (Å²) >= 11 is 1.19. The van der Waals surface area contributed by atoms with Crippen molar-refractivity contribution in [2.75, 3.05) is 25.1 Å². The van der Waals surface area contributed by atoms with Gasteiger partial charge in [-0.3, -0.25) is 14.5 Å². The summed E-state index contributed by atoms with van der Waals surface area (Å²) in [5.41, 5.74) is 1.79. The number of thiazole rings is 1. The maximum absolute atomic E-state index is 14.2. The third-order valence-corrected chi connectivity index (χ3v) is 5.44. The molecule has 3 aromatic rings. The fourth-order valence-corrected chi connectivity index (χ4v) is 3.67. The molecule has 6 nitrogen and oxygen atoms in total. The van der Waals surface area contributed by atoms with Crippen molar-refractivity contribution in [2.45, 2.75) is 13.8 Å². The molecule has 0 radical (unpaired) electrons. The van der Waals surface area contributed by atoms with Crippen LogP contribution in [0.5, 0.6) is 5.75 Å². The predicted molar refractivity (Wildman–Crippen MR) is 125 cm³/mol. The monoisotopic (exact) mass is 453 g/mol. The van der Waals surface area contributed by atoms with E-state index in [4.69, 9.17) is 4.74 Å². The molecule has 0 N–H and O–H groups in total. The van der Waals surface area contributed by atoms with Crippen LogP contribution in [0.2, 0.25) is 0 Å². The van der Waals surface area contributed by atoms with E-state index in [9.17, 15) is 14.0 Å². The average molecular weight is 454 g/mol. The highest BCUT2D eigenvalue weighted by Crippen LogP contribution is 2.30. The van der Waals surface area contributed by atoms with E-state index in [-0.39, 0.29) is 17.5 Å². The number of carbonyl (C=O) groups excluding carboxylic acids is 2. The van der Waals surface area contributed by atoms with Gasteiger partial charge in [-0.1, -0.05) is 29.8 Å². The molecule has 166 valence electrons. The van der Waals surface area contributed by atoms with Crippen molar-refractivity contribution in [3.05, 3.63) is 77.1 Å². The van der Waals surface area contributed by atoms with E-state index in [1.165, 1.54) is 41.4 Å². The van der Waals surface area contributed by atoms with Gasteiger partial charge in [0.05, 0.1) is 17.9 Å². The molecule has 0 spiro atoms. The molecular weight excluding hydrogens is 429 g/mol. The third-order valence-electron chi connectivity index (χ3n) is 4.60. The Hall–Kier alpha value is -3.52. The number of benzene rings is 2. The molecule has 0 aliphatic carbocycles. The molecule has 0 aliphatic heterocycles. The van der Waals surface area contributed by atoms with Gasteiger partial charge in [-0.05, 0) is 37.3 Å². The number of anilines is 2. The maximum atomic E-state index is 14.2. The summed E-state index contributed by atoms with van der Waals surface area (Å²) < 4.78 is 19.8. The van der Waals surface area contributed by atoms with Crippen molar-refractivity contribution in [3.8, 4) is 5.75 Å². The van der Waals surface area contributed by atoms with Crippen LogP contribution in [0.25, 0.3) is 6.08 Å². The van der Waals surface area contributed by atoms with Crippen LogP contribution >= 0.6 is 11.3 Å². The van der Waals surface area contributed by atoms with Gasteiger partial charge in [0.1, 0.15) is 18.2 Å². The van der Waals surface area contributed by atoms with Gasteiger partial charge >= 0.3 is 0 Å². The van der Waals surface area contributed by atoms with Crippen LogP contribution in [-0.4, -0.2) is 41.9 Å². The molecule has 0 fully saturated rings. The van der Waals surface area contributed by atoms with Crippen molar-refractivity contribution in [1.29, 1.82) is 0 Å². The lowest BCUT2D eigenvalue weighted by Gasteiger charge is -2.18. The zero-order chi connectivity index (χ0) is 23.1. The number of hydrogen-bond donors (Lipinski definition) is 0. The summed E-state index contributed by atoms with van der Waals surface area (Å²) in [7, 11) is 1.69. The minimum atomic E-state index is -0.514. The zero-order valence-corrected chi connectivity index (χ0v) is 18.9. The second-order valence-electron chi connectivity index (χ2n) is 7.12. The Bertz CT molecular complexity index is 1110. The second kappa shape index (κ2) is 10.7. The summed E-state index contributed by atoms with van der Waals surface area (Å²) in [6.45, 7) is 4.15. The van der Waals surface area contributed by atoms with Gasteiger partial charge in [0.2, 0.25) is 11.8 Å². The second-order valence-corrected chi connectivity index (χ2v) is 7.95. The van der Waals surface area contributed by atoms with E-state index in [0.29, 0.717) is 24.0 Å². The molecule has 2 amide bonds. The van der Waals surface area contributed by atoms with Crippen LogP contribution in [0.3, 0.4) is 0 Å². The molecule has 1 aromatic heterocycles. The SMILES string of the molecule is CC(=O)N(c1nc(/C=C/C(=O)N(C)CCOc2ccc(C)cc2)cs1)c1ccccc1F. The molecule has 0 atom stereocenters. The molecule has 0 unspecified atom stereocenters. The number of halogens is 1. The third kappa shape index (κ3) is 6.01. The van der Waals surface area contributed by atoms with E-state index >= 15 is 0 Å². The molecule has 0 saturated carbocycles. The fourth-order valence-electron chi connectivity index (χ4n) is 2.82. The number of amides is 2. The van der Waals surface area contributed by atoms with Gasteiger partial charge in [-0.2, -0.15) is 0 Å². The first-order chi connectivity index (χ1) is 15.3. The van der Waals surface area contributed by atoms with Crippen LogP contribution in [-0.2, 0) is 9.59 Å². The average Bonchev–Trinajstić information content (AvgIpc) is 3.23. The van der Waals surface area contributed by atoms with Crippen molar-refractivity contribution >= 4 is 40.0 Å². The first-order valence-corrected chi connectivity index (χ1v) is 10.9. The number of para-hydroxylation sites is 1. The van der Waals surface area contributed by atoms with E-state index in [1.54, 1.807) is 35.5 Å². The van der Waals surface area contributed by atoms with Crippen molar-refractivity contribution < 1.29 is 18.7 Å². The van der Waals surface area contributed by atoms with Crippen molar-refractivity contribution in [1.82, 2.24) is 9.88 Å². The van der Waals surface area contributed by atoms with Gasteiger partial charge in [-0.25, -0.2) is 9.37 Å². The fraction of sp³-hybridized carbons (Fsp3) is 0.208. The Labute approximate surface area is 190 Å². The van der Waals surface area contributed by atoms with E-state index in [0.717, 1.165) is 11.3 Å². The van der Waals surface area contributed by atoms with Crippen molar-refractivity contribution in [2.24, 2.45) is 0 Å². The highest BCUT2D eigenvalue weighted by Gasteiger charge is 2.20. The number of aryl methyl sites for hydroxylation is 1.